The summed E-state index contributed by atoms with van der Waals surface area (Å²) in [5.74, 6) is 0. The number of aryl methyl sites for hydroxylation is 1. The maximum Gasteiger partial charge on any atom is 0.0664 e. The van der Waals surface area contributed by atoms with E-state index in [4.69, 9.17) is 10.5 Å². The van der Waals surface area contributed by atoms with Crippen LogP contribution in [0.5, 0.6) is 0 Å². The van der Waals surface area contributed by atoms with Crippen molar-refractivity contribution in [2.45, 2.75) is 31.2 Å². The van der Waals surface area contributed by atoms with Crippen LogP contribution < -0.4 is 10.6 Å². The summed E-state index contributed by atoms with van der Waals surface area (Å²) in [6.07, 6.45) is 4.71. The minimum Gasteiger partial charge on any atom is -0.379 e. The Hall–Kier alpha value is -1.06. The van der Waals surface area contributed by atoms with E-state index in [1.807, 2.05) is 0 Å². The van der Waals surface area contributed by atoms with E-state index in [1.165, 1.54) is 30.5 Å². The number of fused-ring (bicyclic) bond motifs is 1. The minimum atomic E-state index is -0.155. The van der Waals surface area contributed by atoms with E-state index in [-0.39, 0.29) is 5.54 Å². The van der Waals surface area contributed by atoms with Gasteiger partial charge in [0.25, 0.3) is 0 Å². The predicted octanol–water partition coefficient (Wildman–Crippen LogP) is 1.95. The zero-order valence-corrected chi connectivity index (χ0v) is 10.9. The van der Waals surface area contributed by atoms with Crippen LogP contribution in [-0.4, -0.2) is 31.8 Å². The molecule has 1 unspecified atom stereocenters. The van der Waals surface area contributed by atoms with Gasteiger partial charge in [-0.25, -0.2) is 0 Å². The summed E-state index contributed by atoms with van der Waals surface area (Å²) in [5.41, 5.74) is 9.13. The van der Waals surface area contributed by atoms with Gasteiger partial charge in [-0.1, -0.05) is 18.2 Å². The maximum absolute atomic E-state index is 6.43. The highest BCUT2D eigenvalue weighted by atomic mass is 16.5. The average Bonchev–Trinajstić information content (AvgIpc) is 2.70. The fourth-order valence-corrected chi connectivity index (χ4v) is 3.06. The largest absolute Gasteiger partial charge is 0.379 e. The van der Waals surface area contributed by atoms with E-state index in [0.29, 0.717) is 6.61 Å². The molecule has 0 radical (unpaired) electrons. The molecule has 1 saturated heterocycles. The first-order valence-electron chi connectivity index (χ1n) is 6.96. The Kier molecular flexibility index (Phi) is 3.27. The van der Waals surface area contributed by atoms with Gasteiger partial charge < -0.3 is 15.4 Å². The molecule has 0 amide bonds. The number of para-hydroxylation sites is 1. The van der Waals surface area contributed by atoms with Crippen molar-refractivity contribution in [2.75, 3.05) is 31.2 Å². The highest BCUT2D eigenvalue weighted by Gasteiger charge is 2.33. The monoisotopic (exact) mass is 246 g/mol. The van der Waals surface area contributed by atoms with Crippen LogP contribution in [0.1, 0.15) is 24.8 Å². The van der Waals surface area contributed by atoms with Gasteiger partial charge in [-0.2, -0.15) is 0 Å². The number of nitrogens with two attached hydrogens (primary N) is 1. The number of hydrogen-bond donors (Lipinski definition) is 1. The second-order valence-corrected chi connectivity index (χ2v) is 5.67. The molecule has 2 heterocycles. The van der Waals surface area contributed by atoms with E-state index in [9.17, 15) is 0 Å². The summed E-state index contributed by atoms with van der Waals surface area (Å²) in [6.45, 7) is 3.55. The van der Waals surface area contributed by atoms with Crippen molar-refractivity contribution in [1.82, 2.24) is 0 Å². The van der Waals surface area contributed by atoms with Crippen LogP contribution in [0.4, 0.5) is 5.69 Å². The van der Waals surface area contributed by atoms with Crippen LogP contribution in [0.3, 0.4) is 0 Å². The van der Waals surface area contributed by atoms with Crippen LogP contribution in [0.2, 0.25) is 0 Å². The molecule has 1 aromatic carbocycles. The lowest BCUT2D eigenvalue weighted by atomic mass is 9.99. The zero-order valence-electron chi connectivity index (χ0n) is 10.9. The smallest absolute Gasteiger partial charge is 0.0664 e. The maximum atomic E-state index is 6.43. The minimum absolute atomic E-state index is 0.155. The molecule has 0 aliphatic carbocycles. The third-order valence-electron chi connectivity index (χ3n) is 4.10. The summed E-state index contributed by atoms with van der Waals surface area (Å²) in [4.78, 5) is 2.47. The Labute approximate surface area is 109 Å². The van der Waals surface area contributed by atoms with E-state index in [0.717, 1.165) is 26.1 Å². The van der Waals surface area contributed by atoms with Crippen molar-refractivity contribution in [3.63, 3.8) is 0 Å². The molecule has 1 atom stereocenters. The molecule has 18 heavy (non-hydrogen) atoms. The highest BCUT2D eigenvalue weighted by molar-refractivity contribution is 5.54. The van der Waals surface area contributed by atoms with Crippen molar-refractivity contribution in [2.24, 2.45) is 5.73 Å². The summed E-state index contributed by atoms with van der Waals surface area (Å²) >= 11 is 0. The van der Waals surface area contributed by atoms with Crippen molar-refractivity contribution in [1.29, 1.82) is 0 Å². The molecule has 3 nitrogen and oxygen atoms in total. The van der Waals surface area contributed by atoms with Gasteiger partial charge in [-0.3, -0.25) is 0 Å². The van der Waals surface area contributed by atoms with Crippen molar-refractivity contribution in [3.8, 4) is 0 Å². The van der Waals surface area contributed by atoms with Crippen molar-refractivity contribution in [3.05, 3.63) is 29.8 Å². The normalized spacial score (nSPS) is 27.9. The van der Waals surface area contributed by atoms with Gasteiger partial charge in [0.15, 0.2) is 0 Å². The Morgan fingerprint density at radius 1 is 1.28 bits per heavy atom. The fourth-order valence-electron chi connectivity index (χ4n) is 3.06. The highest BCUT2D eigenvalue weighted by Crippen LogP contribution is 2.28. The van der Waals surface area contributed by atoms with Crippen molar-refractivity contribution < 1.29 is 4.74 Å². The van der Waals surface area contributed by atoms with Gasteiger partial charge in [0.2, 0.25) is 0 Å². The zero-order chi connectivity index (χ0) is 12.4. The Morgan fingerprint density at radius 2 is 2.17 bits per heavy atom. The van der Waals surface area contributed by atoms with Gasteiger partial charge in [-0.15, -0.1) is 0 Å². The number of benzene rings is 1. The molecule has 0 aromatic heterocycles. The molecule has 2 aliphatic rings. The molecule has 0 saturated carbocycles. The molecule has 3 rings (SSSR count). The molecule has 3 heteroatoms. The van der Waals surface area contributed by atoms with E-state index in [1.54, 1.807) is 0 Å². The average molecular weight is 246 g/mol. The quantitative estimate of drug-likeness (QED) is 0.867. The molecule has 0 spiro atoms. The van der Waals surface area contributed by atoms with Gasteiger partial charge in [0.1, 0.15) is 0 Å². The van der Waals surface area contributed by atoms with Gasteiger partial charge >= 0.3 is 0 Å². The third-order valence-corrected chi connectivity index (χ3v) is 4.10. The second-order valence-electron chi connectivity index (χ2n) is 5.67. The lowest BCUT2D eigenvalue weighted by molar-refractivity contribution is 0.179. The first-order valence-corrected chi connectivity index (χ1v) is 6.96. The van der Waals surface area contributed by atoms with Gasteiger partial charge in [0.05, 0.1) is 12.1 Å². The summed E-state index contributed by atoms with van der Waals surface area (Å²) in [6, 6.07) is 8.76. The Morgan fingerprint density at radius 3 is 3.00 bits per heavy atom. The molecule has 0 bridgehead atoms. The molecular weight excluding hydrogens is 224 g/mol. The van der Waals surface area contributed by atoms with Gasteiger partial charge in [-0.05, 0) is 37.3 Å². The van der Waals surface area contributed by atoms with E-state index in [2.05, 4.69) is 29.2 Å². The lowest BCUT2D eigenvalue weighted by Gasteiger charge is -2.33. The summed E-state index contributed by atoms with van der Waals surface area (Å²) in [5, 5.41) is 0. The summed E-state index contributed by atoms with van der Waals surface area (Å²) < 4.78 is 5.47. The number of anilines is 1. The molecular formula is C15H22N2O. The number of rotatable bonds is 2. The molecule has 2 N–H and O–H groups in total. The molecule has 1 fully saturated rings. The first-order chi connectivity index (χ1) is 8.77. The van der Waals surface area contributed by atoms with Crippen molar-refractivity contribution >= 4 is 5.69 Å². The van der Waals surface area contributed by atoms with Crippen LogP contribution >= 0.6 is 0 Å². The molecule has 2 aliphatic heterocycles. The Bertz CT molecular complexity index is 413. The predicted molar refractivity (Wildman–Crippen MR) is 73.9 cm³/mol. The SMILES string of the molecule is NC1(CN2CCCCc3ccccc32)CCOC1. The van der Waals surface area contributed by atoms with Crippen LogP contribution in [-0.2, 0) is 11.2 Å². The Balaban J connectivity index is 1.83. The standard InChI is InChI=1S/C15H22N2O/c16-15(8-10-18-12-15)11-17-9-4-3-6-13-5-1-2-7-14(13)17/h1-2,5,7H,3-4,6,8-12,16H2. The number of nitrogens with zero attached hydrogens (tertiary/aromatic N) is 1. The number of hydrogen-bond acceptors (Lipinski definition) is 3. The van der Waals surface area contributed by atoms with E-state index >= 15 is 0 Å². The molecule has 1 aromatic rings. The fraction of sp³-hybridized carbons (Fsp3) is 0.600. The third kappa shape index (κ3) is 2.38. The van der Waals surface area contributed by atoms with Crippen LogP contribution in [0, 0.1) is 0 Å². The van der Waals surface area contributed by atoms with E-state index < -0.39 is 0 Å². The lowest BCUT2D eigenvalue weighted by Crippen LogP contribution is -2.51. The second kappa shape index (κ2) is 4.90. The van der Waals surface area contributed by atoms with Crippen LogP contribution in [0.15, 0.2) is 24.3 Å². The van der Waals surface area contributed by atoms with Crippen LogP contribution in [0.25, 0.3) is 0 Å². The first kappa shape index (κ1) is 12.0. The topological polar surface area (TPSA) is 38.5 Å². The molecule has 98 valence electrons. The summed E-state index contributed by atoms with van der Waals surface area (Å²) in [7, 11) is 0. The van der Waals surface area contributed by atoms with Gasteiger partial charge in [0, 0.05) is 25.4 Å². The number of ether oxygens (including phenoxy) is 1.